The van der Waals surface area contributed by atoms with Gasteiger partial charge >= 0.3 is 7.12 Å². The lowest BCUT2D eigenvalue weighted by molar-refractivity contribution is 0.354. The van der Waals surface area contributed by atoms with Crippen molar-refractivity contribution in [2.24, 2.45) is 0 Å². The van der Waals surface area contributed by atoms with Gasteiger partial charge in [-0.1, -0.05) is 0 Å². The predicted octanol–water partition coefficient (Wildman–Crippen LogP) is -1.26. The molecular formula is C5H11BN2O4S. The summed E-state index contributed by atoms with van der Waals surface area (Å²) in [6.07, 6.45) is 0.402. The van der Waals surface area contributed by atoms with E-state index in [2.05, 4.69) is 0 Å². The van der Waals surface area contributed by atoms with Crippen molar-refractivity contribution in [3.05, 3.63) is 0 Å². The number of hydrogen-bond acceptors (Lipinski definition) is 4. The van der Waals surface area contributed by atoms with Crippen molar-refractivity contribution in [2.45, 2.75) is 12.8 Å². The Hall–Kier alpha value is -0.455. The first-order valence-electron chi connectivity index (χ1n) is 3.67. The van der Waals surface area contributed by atoms with Crippen LogP contribution in [-0.4, -0.2) is 43.2 Å². The monoisotopic (exact) mass is 206 g/mol. The van der Waals surface area contributed by atoms with E-state index in [1.165, 1.54) is 0 Å². The third-order valence-electron chi connectivity index (χ3n) is 1.28. The molecule has 0 rings (SSSR count). The fourth-order valence-electron chi connectivity index (χ4n) is 0.750. The van der Waals surface area contributed by atoms with Crippen LogP contribution in [0.2, 0.25) is 0 Å². The lowest BCUT2D eigenvalue weighted by Gasteiger charge is -2.15. The molecule has 8 heteroatoms. The third kappa shape index (κ3) is 6.68. The van der Waals surface area contributed by atoms with Crippen LogP contribution in [0, 0.1) is 11.3 Å². The molecule has 0 aliphatic heterocycles. The zero-order valence-electron chi connectivity index (χ0n) is 6.96. The normalized spacial score (nSPS) is 12.5. The zero-order valence-corrected chi connectivity index (χ0v) is 7.77. The molecule has 1 atom stereocenters. The van der Waals surface area contributed by atoms with Crippen LogP contribution in [0.1, 0.15) is 12.8 Å². The molecule has 0 spiro atoms. The third-order valence-corrected chi connectivity index (χ3v) is 2.06. The molecule has 0 amide bonds. The van der Waals surface area contributed by atoms with Gasteiger partial charge in [-0.05, 0) is 6.42 Å². The topological polar surface area (TPSA) is 105 Å². The van der Waals surface area contributed by atoms with E-state index in [9.17, 15) is 4.21 Å². The van der Waals surface area contributed by atoms with Gasteiger partial charge in [0.05, 0.1) is 6.07 Å². The largest absolute Gasteiger partial charge is 0.467 e. The summed E-state index contributed by atoms with van der Waals surface area (Å²) in [6, 6.07) is 1.88. The van der Waals surface area contributed by atoms with E-state index in [-0.39, 0.29) is 19.4 Å². The standard InChI is InChI=1S/C5H11BN2O4S/c7-3-1-2-4-8(13(11)12)5-6(9)10/h9-10H,1-2,4-5H2,(H,11,12). The highest BCUT2D eigenvalue weighted by Gasteiger charge is 2.17. The van der Waals surface area contributed by atoms with E-state index in [0.29, 0.717) is 6.42 Å². The van der Waals surface area contributed by atoms with E-state index < -0.39 is 18.4 Å². The second kappa shape index (κ2) is 7.00. The van der Waals surface area contributed by atoms with Crippen LogP contribution in [0.3, 0.4) is 0 Å². The molecular weight excluding hydrogens is 195 g/mol. The van der Waals surface area contributed by atoms with Crippen molar-refractivity contribution < 1.29 is 18.8 Å². The van der Waals surface area contributed by atoms with Gasteiger partial charge in [-0.25, -0.2) is 8.51 Å². The summed E-state index contributed by atoms with van der Waals surface area (Å²) in [6.45, 7) is 0.189. The van der Waals surface area contributed by atoms with Crippen molar-refractivity contribution in [1.29, 1.82) is 5.26 Å². The maximum Gasteiger partial charge on any atom is 0.467 e. The number of unbranched alkanes of at least 4 members (excludes halogenated alkanes) is 1. The molecule has 1 unspecified atom stereocenters. The summed E-state index contributed by atoms with van der Waals surface area (Å²) in [7, 11) is -1.64. The molecule has 0 heterocycles. The molecule has 0 aromatic heterocycles. The van der Waals surface area contributed by atoms with Crippen LogP contribution in [0.15, 0.2) is 0 Å². The van der Waals surface area contributed by atoms with Crippen LogP contribution >= 0.6 is 0 Å². The predicted molar refractivity (Wildman–Crippen MR) is 47.4 cm³/mol. The van der Waals surface area contributed by atoms with Gasteiger partial charge in [0.2, 0.25) is 11.3 Å². The summed E-state index contributed by atoms with van der Waals surface area (Å²) in [5, 5.41) is 25.3. The lowest BCUT2D eigenvalue weighted by atomic mass is 9.92. The van der Waals surface area contributed by atoms with Gasteiger partial charge < -0.3 is 10.0 Å². The molecule has 0 aliphatic rings. The Morgan fingerprint density at radius 1 is 1.54 bits per heavy atom. The maximum atomic E-state index is 10.6. The van der Waals surface area contributed by atoms with Crippen molar-refractivity contribution in [1.82, 2.24) is 4.31 Å². The Balaban J connectivity index is 3.82. The molecule has 6 nitrogen and oxygen atoms in total. The Labute approximate surface area is 79.3 Å². The van der Waals surface area contributed by atoms with Crippen LogP contribution in [-0.2, 0) is 11.3 Å². The van der Waals surface area contributed by atoms with E-state index in [4.69, 9.17) is 19.9 Å². The molecule has 0 saturated heterocycles. The Morgan fingerprint density at radius 3 is 2.54 bits per heavy atom. The highest BCUT2D eigenvalue weighted by Crippen LogP contribution is 1.97. The molecule has 74 valence electrons. The quantitative estimate of drug-likeness (QED) is 0.286. The van der Waals surface area contributed by atoms with Crippen molar-refractivity contribution in [3.8, 4) is 6.07 Å². The fourth-order valence-corrected chi connectivity index (χ4v) is 1.30. The van der Waals surface area contributed by atoms with E-state index in [1.54, 1.807) is 0 Å². The zero-order chi connectivity index (χ0) is 10.3. The minimum Gasteiger partial charge on any atom is -0.426 e. The second-order valence-electron chi connectivity index (χ2n) is 2.36. The first-order chi connectivity index (χ1) is 6.07. The maximum absolute atomic E-state index is 10.6. The number of rotatable bonds is 6. The summed E-state index contributed by atoms with van der Waals surface area (Å²) in [5.41, 5.74) is 0. The molecule has 0 bridgehead atoms. The van der Waals surface area contributed by atoms with E-state index >= 15 is 0 Å². The molecule has 0 aromatic rings. The van der Waals surface area contributed by atoms with Crippen molar-refractivity contribution in [3.63, 3.8) is 0 Å². The SMILES string of the molecule is N#CCCCN(CB(O)O)S(=O)O. The average Bonchev–Trinajstić information content (AvgIpc) is 2.02. The van der Waals surface area contributed by atoms with E-state index in [0.717, 1.165) is 4.31 Å². The summed E-state index contributed by atoms with van der Waals surface area (Å²) in [4.78, 5) is 0. The van der Waals surface area contributed by atoms with Crippen molar-refractivity contribution >= 4 is 18.4 Å². The fraction of sp³-hybridized carbons (Fsp3) is 0.800. The van der Waals surface area contributed by atoms with Gasteiger partial charge in [0.25, 0.3) is 0 Å². The first kappa shape index (κ1) is 12.5. The molecule has 0 fully saturated rings. The van der Waals surface area contributed by atoms with Gasteiger partial charge in [-0.15, -0.1) is 0 Å². The van der Waals surface area contributed by atoms with E-state index in [1.807, 2.05) is 6.07 Å². The molecule has 13 heavy (non-hydrogen) atoms. The second-order valence-corrected chi connectivity index (χ2v) is 3.34. The Kier molecular flexibility index (Phi) is 6.75. The summed E-state index contributed by atoms with van der Waals surface area (Å²) < 4.78 is 20.2. The summed E-state index contributed by atoms with van der Waals surface area (Å²) in [5.74, 6) is 0. The Bertz CT molecular complexity index is 207. The highest BCUT2D eigenvalue weighted by molar-refractivity contribution is 7.76. The Morgan fingerprint density at radius 2 is 2.15 bits per heavy atom. The van der Waals surface area contributed by atoms with Gasteiger partial charge in [-0.3, -0.25) is 4.55 Å². The van der Waals surface area contributed by atoms with Gasteiger partial charge in [-0.2, -0.15) is 5.26 Å². The number of hydrogen-bond donors (Lipinski definition) is 3. The molecule has 0 radical (unpaired) electrons. The summed E-state index contributed by atoms with van der Waals surface area (Å²) >= 11 is -2.22. The highest BCUT2D eigenvalue weighted by atomic mass is 32.2. The van der Waals surface area contributed by atoms with Crippen LogP contribution in [0.5, 0.6) is 0 Å². The minimum absolute atomic E-state index is 0.189. The van der Waals surface area contributed by atoms with Gasteiger partial charge in [0.1, 0.15) is 0 Å². The molecule has 0 aliphatic carbocycles. The number of nitrogens with zero attached hydrogens (tertiary/aromatic N) is 2. The van der Waals surface area contributed by atoms with Crippen LogP contribution in [0.4, 0.5) is 0 Å². The molecule has 0 aromatic carbocycles. The molecule has 3 N–H and O–H groups in total. The van der Waals surface area contributed by atoms with Crippen LogP contribution in [0.25, 0.3) is 0 Å². The molecule has 0 saturated carbocycles. The van der Waals surface area contributed by atoms with Crippen molar-refractivity contribution in [2.75, 3.05) is 13.0 Å². The minimum atomic E-state index is -2.22. The van der Waals surface area contributed by atoms with Crippen LogP contribution < -0.4 is 0 Å². The van der Waals surface area contributed by atoms with Gasteiger partial charge in [0.15, 0.2) is 0 Å². The average molecular weight is 206 g/mol. The first-order valence-corrected chi connectivity index (χ1v) is 4.73. The number of nitriles is 1. The lowest BCUT2D eigenvalue weighted by Crippen LogP contribution is -2.37. The van der Waals surface area contributed by atoms with Gasteiger partial charge in [0, 0.05) is 19.4 Å². The smallest absolute Gasteiger partial charge is 0.426 e.